The number of ether oxygens (including phenoxy) is 1. The van der Waals surface area contributed by atoms with Crippen molar-refractivity contribution in [1.29, 1.82) is 0 Å². The van der Waals surface area contributed by atoms with E-state index in [1.54, 1.807) is 0 Å². The van der Waals surface area contributed by atoms with Crippen molar-refractivity contribution in [3.8, 4) is 11.5 Å². The molecule has 0 fully saturated rings. The summed E-state index contributed by atoms with van der Waals surface area (Å²) in [5.74, 6) is 1.64. The molecule has 0 aliphatic rings. The number of rotatable bonds is 2. The normalized spacial score (nSPS) is 9.93. The SMILES string of the molecule is Cc1cc(N)ccc1Oc1cc[c]cc1. The van der Waals surface area contributed by atoms with Crippen LogP contribution in [0.2, 0.25) is 0 Å². The quantitative estimate of drug-likeness (QED) is 0.752. The van der Waals surface area contributed by atoms with Crippen molar-refractivity contribution in [2.24, 2.45) is 0 Å². The zero-order chi connectivity index (χ0) is 10.7. The van der Waals surface area contributed by atoms with E-state index >= 15 is 0 Å². The molecule has 2 aromatic carbocycles. The monoisotopic (exact) mass is 198 g/mol. The second-order valence-corrected chi connectivity index (χ2v) is 3.36. The molecule has 0 bridgehead atoms. The molecule has 0 unspecified atom stereocenters. The minimum absolute atomic E-state index is 0.751. The molecule has 0 atom stereocenters. The first kappa shape index (κ1) is 9.59. The molecule has 2 N–H and O–H groups in total. The van der Waals surface area contributed by atoms with Crippen molar-refractivity contribution in [2.45, 2.75) is 6.92 Å². The van der Waals surface area contributed by atoms with Crippen molar-refractivity contribution < 1.29 is 4.74 Å². The highest BCUT2D eigenvalue weighted by Crippen LogP contribution is 2.25. The second kappa shape index (κ2) is 4.05. The fourth-order valence-corrected chi connectivity index (χ4v) is 1.35. The molecule has 0 saturated heterocycles. The molecule has 0 heterocycles. The summed E-state index contributed by atoms with van der Waals surface area (Å²) in [5, 5.41) is 0. The molecule has 0 aliphatic heterocycles. The third-order valence-electron chi connectivity index (χ3n) is 2.11. The highest BCUT2D eigenvalue weighted by molar-refractivity contribution is 5.48. The van der Waals surface area contributed by atoms with E-state index in [2.05, 4.69) is 6.07 Å². The summed E-state index contributed by atoms with van der Waals surface area (Å²) in [6.07, 6.45) is 0. The summed E-state index contributed by atoms with van der Waals surface area (Å²) < 4.78 is 5.69. The van der Waals surface area contributed by atoms with Crippen LogP contribution in [0.15, 0.2) is 42.5 Å². The van der Waals surface area contributed by atoms with E-state index in [9.17, 15) is 0 Å². The van der Waals surface area contributed by atoms with Gasteiger partial charge in [0, 0.05) is 5.69 Å². The van der Waals surface area contributed by atoms with Gasteiger partial charge in [-0.05, 0) is 48.9 Å². The minimum Gasteiger partial charge on any atom is -0.457 e. The molecule has 0 spiro atoms. The predicted octanol–water partition coefficient (Wildman–Crippen LogP) is 3.17. The Morgan fingerprint density at radius 3 is 2.53 bits per heavy atom. The lowest BCUT2D eigenvalue weighted by molar-refractivity contribution is 0.479. The molecule has 2 aromatic rings. The van der Waals surface area contributed by atoms with Crippen LogP contribution in [0.3, 0.4) is 0 Å². The molecule has 2 heteroatoms. The maximum absolute atomic E-state index is 5.69. The lowest BCUT2D eigenvalue weighted by Gasteiger charge is -2.08. The molecule has 0 aliphatic carbocycles. The van der Waals surface area contributed by atoms with Gasteiger partial charge in [0.25, 0.3) is 0 Å². The molecule has 75 valence electrons. The van der Waals surface area contributed by atoms with Crippen LogP contribution in [0.5, 0.6) is 11.5 Å². The van der Waals surface area contributed by atoms with Gasteiger partial charge in [-0.2, -0.15) is 0 Å². The molecule has 2 rings (SSSR count). The van der Waals surface area contributed by atoms with E-state index in [-0.39, 0.29) is 0 Å². The van der Waals surface area contributed by atoms with Crippen molar-refractivity contribution in [1.82, 2.24) is 0 Å². The summed E-state index contributed by atoms with van der Waals surface area (Å²) in [5.41, 5.74) is 7.44. The standard InChI is InChI=1S/C13H12NO/c1-10-9-11(14)7-8-13(10)15-12-5-3-2-4-6-12/h3-9H,14H2,1H3. The van der Waals surface area contributed by atoms with Gasteiger partial charge in [0.15, 0.2) is 0 Å². The zero-order valence-corrected chi connectivity index (χ0v) is 8.53. The van der Waals surface area contributed by atoms with Gasteiger partial charge in [-0.3, -0.25) is 0 Å². The third kappa shape index (κ3) is 2.29. The largest absolute Gasteiger partial charge is 0.457 e. The lowest BCUT2D eigenvalue weighted by atomic mass is 10.2. The lowest BCUT2D eigenvalue weighted by Crippen LogP contribution is -1.90. The number of nitrogen functional groups attached to an aromatic ring is 1. The van der Waals surface area contributed by atoms with Crippen LogP contribution in [-0.2, 0) is 0 Å². The highest BCUT2D eigenvalue weighted by atomic mass is 16.5. The summed E-state index contributed by atoms with van der Waals surface area (Å²) in [7, 11) is 0. The van der Waals surface area contributed by atoms with Crippen LogP contribution in [0.1, 0.15) is 5.56 Å². The van der Waals surface area contributed by atoms with Crippen molar-refractivity contribution in [3.63, 3.8) is 0 Å². The van der Waals surface area contributed by atoms with Gasteiger partial charge in [0.1, 0.15) is 11.5 Å². The summed E-state index contributed by atoms with van der Waals surface area (Å²) >= 11 is 0. The number of benzene rings is 2. The van der Waals surface area contributed by atoms with Crippen LogP contribution in [0, 0.1) is 13.0 Å². The summed E-state index contributed by atoms with van der Waals surface area (Å²) in [6, 6.07) is 15.9. The molecule has 2 nitrogen and oxygen atoms in total. The van der Waals surface area contributed by atoms with Crippen molar-refractivity contribution in [3.05, 3.63) is 54.1 Å². The van der Waals surface area contributed by atoms with Gasteiger partial charge in [-0.15, -0.1) is 0 Å². The molecule has 1 radical (unpaired) electrons. The van der Waals surface area contributed by atoms with Gasteiger partial charge >= 0.3 is 0 Å². The van der Waals surface area contributed by atoms with E-state index in [1.807, 2.05) is 49.4 Å². The fraction of sp³-hybridized carbons (Fsp3) is 0.0769. The number of aryl methyl sites for hydroxylation is 1. The maximum Gasteiger partial charge on any atom is 0.130 e. The Kier molecular flexibility index (Phi) is 2.59. The smallest absolute Gasteiger partial charge is 0.130 e. The molecule has 15 heavy (non-hydrogen) atoms. The second-order valence-electron chi connectivity index (χ2n) is 3.36. The van der Waals surface area contributed by atoms with Crippen LogP contribution in [0.4, 0.5) is 5.69 Å². The van der Waals surface area contributed by atoms with E-state index in [0.29, 0.717) is 0 Å². The highest BCUT2D eigenvalue weighted by Gasteiger charge is 2.00. The van der Waals surface area contributed by atoms with Crippen LogP contribution < -0.4 is 10.5 Å². The number of hydrogen-bond donors (Lipinski definition) is 1. The van der Waals surface area contributed by atoms with Gasteiger partial charge in [-0.1, -0.05) is 12.1 Å². The number of hydrogen-bond acceptors (Lipinski definition) is 2. The Labute approximate surface area is 89.3 Å². The minimum atomic E-state index is 0.751. The summed E-state index contributed by atoms with van der Waals surface area (Å²) in [4.78, 5) is 0. The van der Waals surface area contributed by atoms with E-state index in [1.165, 1.54) is 0 Å². The molecular weight excluding hydrogens is 186 g/mol. The molecule has 0 amide bonds. The topological polar surface area (TPSA) is 35.2 Å². The van der Waals surface area contributed by atoms with E-state index in [4.69, 9.17) is 10.5 Å². The van der Waals surface area contributed by atoms with Gasteiger partial charge < -0.3 is 10.5 Å². The van der Waals surface area contributed by atoms with Gasteiger partial charge in [-0.25, -0.2) is 0 Å². The Morgan fingerprint density at radius 1 is 1.13 bits per heavy atom. The molecular formula is C13H12NO. The Hall–Kier alpha value is -1.96. The van der Waals surface area contributed by atoms with E-state index < -0.39 is 0 Å². The Bertz CT molecular complexity index is 451. The first-order chi connectivity index (χ1) is 7.25. The number of anilines is 1. The zero-order valence-electron chi connectivity index (χ0n) is 8.53. The Balaban J connectivity index is 2.25. The molecule has 0 saturated carbocycles. The molecule has 0 aromatic heterocycles. The number of nitrogens with two attached hydrogens (primary N) is 1. The van der Waals surface area contributed by atoms with Gasteiger partial charge in [0.05, 0.1) is 0 Å². The van der Waals surface area contributed by atoms with Crippen LogP contribution in [-0.4, -0.2) is 0 Å². The van der Waals surface area contributed by atoms with Crippen LogP contribution in [0.25, 0.3) is 0 Å². The third-order valence-corrected chi connectivity index (χ3v) is 2.11. The first-order valence-corrected chi connectivity index (χ1v) is 4.76. The van der Waals surface area contributed by atoms with Gasteiger partial charge in [0.2, 0.25) is 0 Å². The summed E-state index contributed by atoms with van der Waals surface area (Å²) in [6.45, 7) is 1.97. The average molecular weight is 198 g/mol. The van der Waals surface area contributed by atoms with Crippen LogP contribution >= 0.6 is 0 Å². The first-order valence-electron chi connectivity index (χ1n) is 4.76. The van der Waals surface area contributed by atoms with E-state index in [0.717, 1.165) is 22.7 Å². The average Bonchev–Trinajstić information content (AvgIpc) is 2.24. The predicted molar refractivity (Wildman–Crippen MR) is 60.9 cm³/mol. The fourth-order valence-electron chi connectivity index (χ4n) is 1.35. The van der Waals surface area contributed by atoms with Crippen molar-refractivity contribution in [2.75, 3.05) is 5.73 Å². The van der Waals surface area contributed by atoms with Crippen molar-refractivity contribution >= 4 is 5.69 Å². The Morgan fingerprint density at radius 2 is 1.87 bits per heavy atom. The maximum atomic E-state index is 5.69.